The highest BCUT2D eigenvalue weighted by Crippen LogP contribution is 2.26. The van der Waals surface area contributed by atoms with Gasteiger partial charge in [0.05, 0.1) is 24.3 Å². The second-order valence-electron chi connectivity index (χ2n) is 6.64. The fraction of sp³-hybridized carbons (Fsp3) is 0.238. The molecule has 1 amide bonds. The lowest BCUT2D eigenvalue weighted by Gasteiger charge is -2.15. The average Bonchev–Trinajstić information content (AvgIpc) is 3.14. The topological polar surface area (TPSA) is 120 Å². The molecule has 2 heterocycles. The highest BCUT2D eigenvalue weighted by Gasteiger charge is 2.16. The van der Waals surface area contributed by atoms with E-state index in [1.807, 2.05) is 0 Å². The smallest absolute Gasteiger partial charge is 0.309 e. The van der Waals surface area contributed by atoms with Crippen molar-refractivity contribution in [2.24, 2.45) is 0 Å². The number of carboxylic acids is 1. The van der Waals surface area contributed by atoms with Gasteiger partial charge in [0.2, 0.25) is 11.8 Å². The molecular formula is C21H20FN3O6S. The Morgan fingerprint density at radius 3 is 2.72 bits per heavy atom. The zero-order valence-corrected chi connectivity index (χ0v) is 18.0. The second kappa shape index (κ2) is 10.6. The summed E-state index contributed by atoms with van der Waals surface area (Å²) >= 11 is 1.10. The number of aromatic nitrogens is 2. The van der Waals surface area contributed by atoms with Crippen molar-refractivity contribution in [3.63, 3.8) is 0 Å². The number of hydrogen-bond acceptors (Lipinski definition) is 8. The SMILES string of the molecule is COC[C@@H](C)Oc1cc(C(=O)Nc2nc(CC(=O)O)cs2)cc(Oc2cccc(F)c2)n1. The summed E-state index contributed by atoms with van der Waals surface area (Å²) in [4.78, 5) is 31.9. The zero-order chi connectivity index (χ0) is 23.1. The first-order chi connectivity index (χ1) is 15.3. The van der Waals surface area contributed by atoms with E-state index >= 15 is 0 Å². The minimum Gasteiger partial charge on any atom is -0.481 e. The Hall–Kier alpha value is -3.57. The molecule has 0 bridgehead atoms. The number of aliphatic carboxylic acids is 1. The molecule has 0 saturated heterocycles. The number of hydrogen-bond donors (Lipinski definition) is 2. The molecule has 0 spiro atoms. The van der Waals surface area contributed by atoms with Crippen LogP contribution >= 0.6 is 11.3 Å². The van der Waals surface area contributed by atoms with Gasteiger partial charge >= 0.3 is 5.97 Å². The largest absolute Gasteiger partial charge is 0.481 e. The van der Waals surface area contributed by atoms with Crippen LogP contribution in [0.5, 0.6) is 17.5 Å². The number of rotatable bonds is 10. The van der Waals surface area contributed by atoms with E-state index in [0.717, 1.165) is 11.3 Å². The van der Waals surface area contributed by atoms with Crippen LogP contribution in [0.1, 0.15) is 23.0 Å². The summed E-state index contributed by atoms with van der Waals surface area (Å²) in [7, 11) is 1.53. The number of methoxy groups -OCH3 is 1. The number of benzene rings is 1. The fourth-order valence-electron chi connectivity index (χ4n) is 2.62. The molecule has 0 radical (unpaired) electrons. The first-order valence-corrected chi connectivity index (χ1v) is 10.3. The van der Waals surface area contributed by atoms with Crippen LogP contribution in [0.3, 0.4) is 0 Å². The maximum atomic E-state index is 13.5. The van der Waals surface area contributed by atoms with E-state index in [9.17, 15) is 14.0 Å². The number of carbonyl (C=O) groups is 2. The van der Waals surface area contributed by atoms with Crippen LogP contribution < -0.4 is 14.8 Å². The molecule has 168 valence electrons. The average molecular weight is 461 g/mol. The van der Waals surface area contributed by atoms with Crippen molar-refractivity contribution < 1.29 is 33.3 Å². The van der Waals surface area contributed by atoms with E-state index in [4.69, 9.17) is 19.3 Å². The van der Waals surface area contributed by atoms with Gasteiger partial charge in [0.15, 0.2) is 5.13 Å². The lowest BCUT2D eigenvalue weighted by atomic mass is 10.2. The normalized spacial score (nSPS) is 11.6. The molecule has 32 heavy (non-hydrogen) atoms. The van der Waals surface area contributed by atoms with Crippen molar-refractivity contribution in [1.29, 1.82) is 0 Å². The Morgan fingerprint density at radius 1 is 1.22 bits per heavy atom. The summed E-state index contributed by atoms with van der Waals surface area (Å²) in [6.45, 7) is 2.06. The Morgan fingerprint density at radius 2 is 2.00 bits per heavy atom. The summed E-state index contributed by atoms with van der Waals surface area (Å²) in [6, 6.07) is 8.28. The molecule has 2 aromatic heterocycles. The number of thiazole rings is 1. The first-order valence-electron chi connectivity index (χ1n) is 9.41. The molecule has 2 N–H and O–H groups in total. The molecule has 3 rings (SSSR count). The van der Waals surface area contributed by atoms with E-state index in [2.05, 4.69) is 15.3 Å². The summed E-state index contributed by atoms with van der Waals surface area (Å²) < 4.78 is 29.8. The Balaban J connectivity index is 1.84. The number of pyridine rings is 1. The van der Waals surface area contributed by atoms with Crippen molar-refractivity contribution in [2.45, 2.75) is 19.4 Å². The van der Waals surface area contributed by atoms with Gasteiger partial charge < -0.3 is 19.3 Å². The molecule has 0 aliphatic carbocycles. The van der Waals surface area contributed by atoms with E-state index in [1.54, 1.807) is 18.4 Å². The predicted octanol–water partition coefficient (Wildman–Crippen LogP) is 3.76. The van der Waals surface area contributed by atoms with Gasteiger partial charge in [0.1, 0.15) is 17.7 Å². The third kappa shape index (κ3) is 6.72. The van der Waals surface area contributed by atoms with Crippen molar-refractivity contribution >= 4 is 28.3 Å². The van der Waals surface area contributed by atoms with Crippen molar-refractivity contribution in [3.8, 4) is 17.5 Å². The van der Waals surface area contributed by atoms with E-state index in [1.165, 1.54) is 37.4 Å². The van der Waals surface area contributed by atoms with Crippen LogP contribution in [0.25, 0.3) is 0 Å². The standard InChI is InChI=1S/C21H20FN3O6S/c1-12(10-29-2)30-17-6-13(7-18(24-17)31-16-5-3-4-14(22)8-16)20(28)25-21-23-15(11-32-21)9-19(26)27/h3-8,11-12H,9-10H2,1-2H3,(H,26,27)(H,23,25,28)/t12-/m1/s1. The van der Waals surface area contributed by atoms with Crippen molar-refractivity contribution in [2.75, 3.05) is 19.0 Å². The number of ether oxygens (including phenoxy) is 3. The van der Waals surface area contributed by atoms with Crippen LogP contribution in [0.4, 0.5) is 9.52 Å². The number of halogens is 1. The van der Waals surface area contributed by atoms with Crippen LogP contribution in [-0.2, 0) is 16.0 Å². The molecule has 1 atom stereocenters. The quantitative estimate of drug-likeness (QED) is 0.468. The van der Waals surface area contributed by atoms with Crippen LogP contribution in [0.2, 0.25) is 0 Å². The Labute approximate surface area is 186 Å². The number of nitrogens with one attached hydrogen (secondary N) is 1. The maximum Gasteiger partial charge on any atom is 0.309 e. The van der Waals surface area contributed by atoms with E-state index in [0.29, 0.717) is 12.3 Å². The van der Waals surface area contributed by atoms with Gasteiger partial charge in [-0.25, -0.2) is 9.37 Å². The highest BCUT2D eigenvalue weighted by molar-refractivity contribution is 7.14. The van der Waals surface area contributed by atoms with Gasteiger partial charge in [0.25, 0.3) is 5.91 Å². The zero-order valence-electron chi connectivity index (χ0n) is 17.2. The Bertz CT molecular complexity index is 1110. The first kappa shape index (κ1) is 23.1. The second-order valence-corrected chi connectivity index (χ2v) is 7.50. The Kier molecular flexibility index (Phi) is 7.68. The van der Waals surface area contributed by atoms with Gasteiger partial charge in [-0.1, -0.05) is 6.07 Å². The summed E-state index contributed by atoms with van der Waals surface area (Å²) in [5.74, 6) is -1.70. The molecule has 0 unspecified atom stereocenters. The molecule has 9 nitrogen and oxygen atoms in total. The van der Waals surface area contributed by atoms with E-state index < -0.39 is 17.7 Å². The maximum absolute atomic E-state index is 13.5. The van der Waals surface area contributed by atoms with Crippen LogP contribution in [-0.4, -0.2) is 46.8 Å². The van der Waals surface area contributed by atoms with Crippen LogP contribution in [0, 0.1) is 5.82 Å². The van der Waals surface area contributed by atoms with Gasteiger partial charge in [-0.15, -0.1) is 11.3 Å². The van der Waals surface area contributed by atoms with E-state index in [-0.39, 0.29) is 40.7 Å². The van der Waals surface area contributed by atoms with Crippen molar-refractivity contribution in [3.05, 3.63) is 58.9 Å². The molecule has 0 saturated carbocycles. The number of anilines is 1. The monoisotopic (exact) mass is 461 g/mol. The molecule has 0 fully saturated rings. The molecule has 11 heteroatoms. The van der Waals surface area contributed by atoms with Crippen molar-refractivity contribution in [1.82, 2.24) is 9.97 Å². The number of amides is 1. The van der Waals surface area contributed by atoms with Gasteiger partial charge in [-0.05, 0) is 19.1 Å². The predicted molar refractivity (Wildman–Crippen MR) is 114 cm³/mol. The fourth-order valence-corrected chi connectivity index (χ4v) is 3.33. The minimum absolute atomic E-state index is 0.0218. The third-order valence-corrected chi connectivity index (χ3v) is 4.69. The van der Waals surface area contributed by atoms with Gasteiger partial charge in [-0.2, -0.15) is 4.98 Å². The van der Waals surface area contributed by atoms with Gasteiger partial charge in [0, 0.05) is 30.7 Å². The highest BCUT2D eigenvalue weighted by atomic mass is 32.1. The summed E-state index contributed by atoms with van der Waals surface area (Å²) in [6.07, 6.45) is -0.604. The third-order valence-electron chi connectivity index (χ3n) is 3.89. The lowest BCUT2D eigenvalue weighted by Crippen LogP contribution is -2.19. The number of carbonyl (C=O) groups excluding carboxylic acids is 1. The number of carboxylic acid groups (broad SMARTS) is 1. The molecule has 0 aliphatic rings. The summed E-state index contributed by atoms with van der Waals surface area (Å²) in [5, 5.41) is 13.3. The molecule has 1 aromatic carbocycles. The molecular weight excluding hydrogens is 441 g/mol. The minimum atomic E-state index is -1.02. The lowest BCUT2D eigenvalue weighted by molar-refractivity contribution is -0.136. The summed E-state index contributed by atoms with van der Waals surface area (Å²) in [5.41, 5.74) is 0.487. The molecule has 3 aromatic rings. The van der Waals surface area contributed by atoms with Crippen LogP contribution in [0.15, 0.2) is 41.8 Å². The molecule has 0 aliphatic heterocycles. The number of nitrogens with zero attached hydrogens (tertiary/aromatic N) is 2. The van der Waals surface area contributed by atoms with Gasteiger partial charge in [-0.3, -0.25) is 14.9 Å².